The number of benzene rings is 1. The van der Waals surface area contributed by atoms with Crippen molar-refractivity contribution in [2.24, 2.45) is 0 Å². The minimum absolute atomic E-state index is 0.439. The maximum Gasteiger partial charge on any atom is 0.258 e. The van der Waals surface area contributed by atoms with E-state index >= 15 is 0 Å². The Labute approximate surface area is 199 Å². The normalized spacial score (nSPS) is 16.7. The Hall–Kier alpha value is -2.64. The van der Waals surface area contributed by atoms with Crippen LogP contribution in [0.1, 0.15) is 49.3 Å². The van der Waals surface area contributed by atoms with Crippen LogP contribution in [0.2, 0.25) is 5.02 Å². The van der Waals surface area contributed by atoms with Crippen molar-refractivity contribution in [3.05, 3.63) is 40.5 Å². The third kappa shape index (κ3) is 4.84. The maximum absolute atomic E-state index is 6.56. The van der Waals surface area contributed by atoms with Gasteiger partial charge in [-0.2, -0.15) is 4.98 Å². The van der Waals surface area contributed by atoms with E-state index in [9.17, 15) is 0 Å². The number of pyridine rings is 1. The summed E-state index contributed by atoms with van der Waals surface area (Å²) in [6.45, 7) is 5.84. The van der Waals surface area contributed by atoms with Gasteiger partial charge in [0.2, 0.25) is 11.7 Å². The number of nitrogens with zero attached hydrogens (tertiary/aromatic N) is 4. The van der Waals surface area contributed by atoms with E-state index in [0.29, 0.717) is 40.9 Å². The van der Waals surface area contributed by atoms with Crippen molar-refractivity contribution in [2.75, 3.05) is 33.4 Å². The van der Waals surface area contributed by atoms with Crippen LogP contribution in [0.15, 0.2) is 28.8 Å². The fourth-order valence-corrected chi connectivity index (χ4v) is 4.89. The van der Waals surface area contributed by atoms with Gasteiger partial charge >= 0.3 is 0 Å². The highest BCUT2D eigenvalue weighted by Crippen LogP contribution is 2.37. The molecule has 1 aliphatic heterocycles. The van der Waals surface area contributed by atoms with Crippen LogP contribution in [0.5, 0.6) is 11.6 Å². The lowest BCUT2D eigenvalue weighted by Gasteiger charge is -2.30. The Bertz CT molecular complexity index is 1100. The van der Waals surface area contributed by atoms with Crippen molar-refractivity contribution in [1.82, 2.24) is 20.0 Å². The Morgan fingerprint density at radius 2 is 1.88 bits per heavy atom. The highest BCUT2D eigenvalue weighted by Gasteiger charge is 2.22. The van der Waals surface area contributed by atoms with E-state index in [1.807, 2.05) is 31.2 Å². The number of aromatic nitrogens is 3. The number of hydrogen-bond acceptors (Lipinski definition) is 7. The smallest absolute Gasteiger partial charge is 0.258 e. The molecule has 2 aliphatic rings. The van der Waals surface area contributed by atoms with Crippen molar-refractivity contribution in [3.8, 4) is 34.5 Å². The number of ether oxygens (including phenoxy) is 2. The summed E-state index contributed by atoms with van der Waals surface area (Å²) in [7, 11) is 1.63. The van der Waals surface area contributed by atoms with Crippen molar-refractivity contribution in [3.63, 3.8) is 0 Å². The molecule has 3 aromatic rings. The molecule has 1 aliphatic carbocycles. The molecule has 174 valence electrons. The average molecular weight is 469 g/mol. The molecule has 0 radical (unpaired) electrons. The summed E-state index contributed by atoms with van der Waals surface area (Å²) >= 11 is 6.56. The quantitative estimate of drug-likeness (QED) is 0.431. The van der Waals surface area contributed by atoms with Gasteiger partial charge < -0.3 is 14.0 Å². The van der Waals surface area contributed by atoms with Gasteiger partial charge in [0.05, 0.1) is 12.1 Å². The molecule has 1 saturated heterocycles. The summed E-state index contributed by atoms with van der Waals surface area (Å²) in [6.07, 6.45) is 6.05. The monoisotopic (exact) mass is 468 g/mol. The molecule has 1 saturated carbocycles. The fraction of sp³-hybridized carbons (Fsp3) is 0.480. The molecule has 0 spiro atoms. The van der Waals surface area contributed by atoms with Gasteiger partial charge in [0.1, 0.15) is 12.4 Å². The molecule has 3 heterocycles. The summed E-state index contributed by atoms with van der Waals surface area (Å²) < 4.78 is 17.0. The number of methoxy groups -OCH3 is 1. The van der Waals surface area contributed by atoms with E-state index in [-0.39, 0.29) is 0 Å². The third-order valence-corrected chi connectivity index (χ3v) is 6.85. The standard InChI is InChI=1S/C25H29ClN4O3/c1-16-12-18(13-20(26)23(16)32-11-10-30-8-5-9-30)24-28-25(33-29-24)19-14-21(17-6-3-4-7-17)27-22(15-19)31-2/h12-15,17H,3-11H2,1-2H3. The molecule has 5 rings (SSSR count). The van der Waals surface area contributed by atoms with Gasteiger partial charge in [-0.15, -0.1) is 0 Å². The Morgan fingerprint density at radius 3 is 2.58 bits per heavy atom. The van der Waals surface area contributed by atoms with Crippen molar-refractivity contribution in [2.45, 2.75) is 44.9 Å². The zero-order chi connectivity index (χ0) is 22.8. The number of hydrogen-bond donors (Lipinski definition) is 0. The molecule has 33 heavy (non-hydrogen) atoms. The fourth-order valence-electron chi connectivity index (χ4n) is 4.57. The van der Waals surface area contributed by atoms with Crippen LogP contribution < -0.4 is 9.47 Å². The summed E-state index contributed by atoms with van der Waals surface area (Å²) in [4.78, 5) is 11.7. The van der Waals surface area contributed by atoms with Gasteiger partial charge in [0.25, 0.3) is 5.89 Å². The second-order valence-corrected chi connectivity index (χ2v) is 9.28. The first kappa shape index (κ1) is 22.2. The lowest BCUT2D eigenvalue weighted by Crippen LogP contribution is -2.39. The van der Waals surface area contributed by atoms with Gasteiger partial charge in [-0.3, -0.25) is 4.90 Å². The van der Waals surface area contributed by atoms with Crippen molar-refractivity contribution in [1.29, 1.82) is 0 Å². The zero-order valence-corrected chi connectivity index (χ0v) is 19.9. The molecule has 2 fully saturated rings. The molecule has 0 atom stereocenters. The Balaban J connectivity index is 1.36. The molecule has 7 nitrogen and oxygen atoms in total. The largest absolute Gasteiger partial charge is 0.490 e. The third-order valence-electron chi connectivity index (χ3n) is 6.57. The zero-order valence-electron chi connectivity index (χ0n) is 19.1. The van der Waals surface area contributed by atoms with Gasteiger partial charge in [0, 0.05) is 35.3 Å². The van der Waals surface area contributed by atoms with Crippen molar-refractivity contribution >= 4 is 11.6 Å². The van der Waals surface area contributed by atoms with E-state index in [4.69, 9.17) is 25.6 Å². The molecule has 0 bridgehead atoms. The first-order valence-electron chi connectivity index (χ1n) is 11.7. The topological polar surface area (TPSA) is 73.5 Å². The van der Waals surface area contributed by atoms with Gasteiger partial charge in [-0.05, 0) is 63.0 Å². The second-order valence-electron chi connectivity index (χ2n) is 8.88. The summed E-state index contributed by atoms with van der Waals surface area (Å²) in [5.41, 5.74) is 3.58. The van der Waals surface area contributed by atoms with Crippen LogP contribution in [0.4, 0.5) is 0 Å². The minimum Gasteiger partial charge on any atom is -0.490 e. The summed E-state index contributed by atoms with van der Waals surface area (Å²) in [6, 6.07) is 7.70. The van der Waals surface area contributed by atoms with Crippen LogP contribution in [0.25, 0.3) is 22.8 Å². The maximum atomic E-state index is 6.56. The average Bonchev–Trinajstić information content (AvgIpc) is 3.49. The Kier molecular flexibility index (Phi) is 6.51. The first-order chi connectivity index (χ1) is 16.1. The van der Waals surface area contributed by atoms with E-state index in [1.54, 1.807) is 7.11 Å². The lowest BCUT2D eigenvalue weighted by atomic mass is 10.0. The highest BCUT2D eigenvalue weighted by atomic mass is 35.5. The minimum atomic E-state index is 0.439. The molecule has 8 heteroatoms. The highest BCUT2D eigenvalue weighted by molar-refractivity contribution is 6.32. The van der Waals surface area contributed by atoms with E-state index < -0.39 is 0 Å². The molecule has 0 unspecified atom stereocenters. The van der Waals surface area contributed by atoms with Crippen molar-refractivity contribution < 1.29 is 14.0 Å². The van der Waals surface area contributed by atoms with Crippen LogP contribution in [0, 0.1) is 6.92 Å². The molecule has 0 amide bonds. The number of halogens is 1. The van der Waals surface area contributed by atoms with Crippen LogP contribution in [0.3, 0.4) is 0 Å². The summed E-state index contributed by atoms with van der Waals surface area (Å²) in [5, 5.41) is 4.76. The Morgan fingerprint density at radius 1 is 1.06 bits per heavy atom. The van der Waals surface area contributed by atoms with E-state index in [2.05, 4.69) is 20.0 Å². The van der Waals surface area contributed by atoms with Gasteiger partial charge in [-0.1, -0.05) is 29.6 Å². The van der Waals surface area contributed by atoms with Gasteiger partial charge in [0.15, 0.2) is 0 Å². The number of rotatable bonds is 8. The predicted molar refractivity (Wildman–Crippen MR) is 127 cm³/mol. The second kappa shape index (κ2) is 9.69. The first-order valence-corrected chi connectivity index (χ1v) is 12.0. The molecule has 0 N–H and O–H groups in total. The van der Waals surface area contributed by atoms with E-state index in [0.717, 1.165) is 54.9 Å². The molecular weight excluding hydrogens is 440 g/mol. The van der Waals surface area contributed by atoms with Crippen LogP contribution >= 0.6 is 11.6 Å². The number of aryl methyl sites for hydroxylation is 1. The van der Waals surface area contributed by atoms with E-state index in [1.165, 1.54) is 19.3 Å². The molecule has 1 aromatic carbocycles. The van der Waals surface area contributed by atoms with Crippen LogP contribution in [-0.2, 0) is 0 Å². The molecule has 2 aromatic heterocycles. The van der Waals surface area contributed by atoms with Gasteiger partial charge in [-0.25, -0.2) is 4.98 Å². The summed E-state index contributed by atoms with van der Waals surface area (Å²) in [5.74, 6) is 2.66. The predicted octanol–water partition coefficient (Wildman–Crippen LogP) is 5.51. The molecular formula is C25H29ClN4O3. The van der Waals surface area contributed by atoms with Crippen LogP contribution in [-0.4, -0.2) is 53.4 Å². The lowest BCUT2D eigenvalue weighted by molar-refractivity contribution is 0.147. The number of likely N-dealkylation sites (tertiary alicyclic amines) is 1. The SMILES string of the molecule is COc1cc(-c2nc(-c3cc(C)c(OCCN4CCC4)c(Cl)c3)no2)cc(C2CCCC2)n1.